The molecule has 0 rings (SSSR count). The predicted molar refractivity (Wildman–Crippen MR) is 113 cm³/mol. The minimum Gasteiger partial charge on any atom is -0.481 e. The number of carboxylic acids is 2. The molecule has 0 aromatic rings. The quantitative estimate of drug-likeness (QED) is 0.0494. The van der Waals surface area contributed by atoms with Crippen LogP contribution in [0.4, 0.5) is 0 Å². The van der Waals surface area contributed by atoms with Gasteiger partial charge in [-0.3, -0.25) is 29.6 Å². The number of rotatable bonds is 15. The normalized spacial score (nSPS) is 13.4. The number of aliphatic imine (C=N–C) groups is 1. The van der Waals surface area contributed by atoms with Crippen LogP contribution in [0.1, 0.15) is 33.1 Å². The third-order valence-electron chi connectivity index (χ3n) is 4.03. The molecule has 0 unspecified atom stereocenters. The maximum Gasteiger partial charge on any atom is 0.326 e. The van der Waals surface area contributed by atoms with E-state index in [0.29, 0.717) is 13.0 Å². The summed E-state index contributed by atoms with van der Waals surface area (Å²) in [4.78, 5) is 62.2. The third kappa shape index (κ3) is 12.3. The fourth-order valence-electron chi connectivity index (χ4n) is 2.35. The fraction of sp³-hybridized carbons (Fsp3) is 0.647. The number of amides is 3. The molecule has 0 saturated carbocycles. The first-order valence-corrected chi connectivity index (χ1v) is 9.73. The Labute approximate surface area is 184 Å². The lowest BCUT2D eigenvalue weighted by atomic mass is 10.0. The molecule has 3 atom stereocenters. The zero-order valence-electron chi connectivity index (χ0n) is 18.0. The van der Waals surface area contributed by atoms with Gasteiger partial charge < -0.3 is 38.0 Å². The van der Waals surface area contributed by atoms with E-state index in [4.69, 9.17) is 27.4 Å². The van der Waals surface area contributed by atoms with Crippen LogP contribution in [-0.4, -0.2) is 77.0 Å². The van der Waals surface area contributed by atoms with Crippen LogP contribution in [0.3, 0.4) is 0 Å². The van der Waals surface area contributed by atoms with Crippen LogP contribution < -0.4 is 38.7 Å². The topological polar surface area (TPSA) is 264 Å². The molecule has 0 spiro atoms. The van der Waals surface area contributed by atoms with Crippen molar-refractivity contribution in [2.75, 3.05) is 13.1 Å². The van der Waals surface area contributed by atoms with Gasteiger partial charge in [0.05, 0.1) is 19.0 Å². The van der Waals surface area contributed by atoms with Crippen molar-refractivity contribution in [1.29, 1.82) is 0 Å². The number of nitrogens with two attached hydrogens (primary N) is 3. The molecule has 15 heteroatoms. The van der Waals surface area contributed by atoms with Crippen molar-refractivity contribution in [3.63, 3.8) is 0 Å². The first-order valence-electron chi connectivity index (χ1n) is 9.73. The lowest BCUT2D eigenvalue weighted by molar-refractivity contribution is -0.144. The Morgan fingerprint density at radius 1 is 1.00 bits per heavy atom. The van der Waals surface area contributed by atoms with Gasteiger partial charge in [-0.05, 0) is 18.8 Å². The highest BCUT2D eigenvalue weighted by molar-refractivity contribution is 5.93. The van der Waals surface area contributed by atoms with E-state index in [0.717, 1.165) is 0 Å². The molecule has 0 bridgehead atoms. The Morgan fingerprint density at radius 3 is 2.12 bits per heavy atom. The number of nitrogens with one attached hydrogen (secondary N) is 4. The van der Waals surface area contributed by atoms with Crippen LogP contribution >= 0.6 is 0 Å². The number of nitrogens with zero attached hydrogens (tertiary/aromatic N) is 1. The van der Waals surface area contributed by atoms with E-state index in [2.05, 4.69) is 26.5 Å². The van der Waals surface area contributed by atoms with Crippen LogP contribution in [0.15, 0.2) is 4.99 Å². The van der Waals surface area contributed by atoms with Crippen molar-refractivity contribution in [2.45, 2.75) is 51.2 Å². The zero-order valence-corrected chi connectivity index (χ0v) is 18.0. The number of guanidine groups is 1. The molecule has 0 heterocycles. The van der Waals surface area contributed by atoms with Crippen LogP contribution in [0.5, 0.6) is 0 Å². The summed E-state index contributed by atoms with van der Waals surface area (Å²) in [5.41, 5.74) is 20.6. The fourth-order valence-corrected chi connectivity index (χ4v) is 2.35. The van der Waals surface area contributed by atoms with Gasteiger partial charge in [0.1, 0.15) is 12.1 Å². The number of carboxylic acid groups (broad SMARTS) is 2. The third-order valence-corrected chi connectivity index (χ3v) is 4.03. The Bertz CT molecular complexity index is 709. The average Bonchev–Trinajstić information content (AvgIpc) is 2.67. The summed E-state index contributed by atoms with van der Waals surface area (Å²) in [6.07, 6.45) is -0.0420. The van der Waals surface area contributed by atoms with Gasteiger partial charge in [0.2, 0.25) is 11.8 Å². The second kappa shape index (κ2) is 14.5. The molecular formula is C17H32N8O7. The molecule has 0 saturated heterocycles. The number of carbonyl (C=O) groups excluding carboxylic acids is 3. The highest BCUT2D eigenvalue weighted by Gasteiger charge is 2.29. The molecule has 15 nitrogen and oxygen atoms in total. The molecule has 3 amide bonds. The summed E-state index contributed by atoms with van der Waals surface area (Å²) < 4.78 is 0. The van der Waals surface area contributed by atoms with Gasteiger partial charge in [-0.15, -0.1) is 0 Å². The molecule has 0 radical (unpaired) electrons. The molecule has 0 aliphatic carbocycles. The van der Waals surface area contributed by atoms with E-state index >= 15 is 0 Å². The van der Waals surface area contributed by atoms with Crippen molar-refractivity contribution < 1.29 is 34.2 Å². The first kappa shape index (κ1) is 28.5. The minimum absolute atomic E-state index is 0.0757. The Kier molecular flexibility index (Phi) is 13.0. The van der Waals surface area contributed by atoms with Crippen LogP contribution in [0, 0.1) is 5.92 Å². The van der Waals surface area contributed by atoms with Crippen LogP contribution in [0.25, 0.3) is 0 Å². The van der Waals surface area contributed by atoms with Crippen molar-refractivity contribution in [2.24, 2.45) is 28.1 Å². The van der Waals surface area contributed by atoms with Gasteiger partial charge in [-0.1, -0.05) is 13.8 Å². The zero-order chi connectivity index (χ0) is 24.8. The van der Waals surface area contributed by atoms with E-state index in [-0.39, 0.29) is 12.4 Å². The first-order chi connectivity index (χ1) is 14.8. The van der Waals surface area contributed by atoms with Gasteiger partial charge in [0, 0.05) is 6.54 Å². The predicted octanol–water partition coefficient (Wildman–Crippen LogP) is -3.83. The van der Waals surface area contributed by atoms with E-state index < -0.39 is 66.7 Å². The van der Waals surface area contributed by atoms with E-state index in [9.17, 15) is 24.0 Å². The summed E-state index contributed by atoms with van der Waals surface area (Å²) in [5, 5.41) is 22.5. The number of hydrazine groups is 1. The Balaban J connectivity index is 4.63. The number of carbonyl (C=O) groups is 5. The van der Waals surface area contributed by atoms with E-state index in [1.165, 1.54) is 0 Å². The number of hydrogen-bond acceptors (Lipinski definition) is 8. The molecule has 12 N–H and O–H groups in total. The Hall–Kier alpha value is -3.46. The number of hydrogen-bond donors (Lipinski definition) is 9. The molecule has 0 fully saturated rings. The maximum atomic E-state index is 12.3. The van der Waals surface area contributed by atoms with E-state index in [1.807, 2.05) is 0 Å². The summed E-state index contributed by atoms with van der Waals surface area (Å²) in [5.74, 6) is -5.62. The van der Waals surface area contributed by atoms with Gasteiger partial charge >= 0.3 is 11.9 Å². The summed E-state index contributed by atoms with van der Waals surface area (Å²) in [7, 11) is 0. The highest BCUT2D eigenvalue weighted by Crippen LogP contribution is 2.03. The second-order valence-corrected chi connectivity index (χ2v) is 7.18. The molecule has 0 aliphatic heterocycles. The molecule has 0 aromatic heterocycles. The minimum atomic E-state index is -1.52. The van der Waals surface area contributed by atoms with Gasteiger partial charge in [-0.2, -0.15) is 0 Å². The SMILES string of the molecule is CC(C)[C@H](NC(=O)[C@@H](CC(=O)O)NC(=O)CNNC(=O)[C@@H](N)CCCN=C(N)N)C(=O)O. The average molecular weight is 460 g/mol. The smallest absolute Gasteiger partial charge is 0.326 e. The highest BCUT2D eigenvalue weighted by atomic mass is 16.4. The lowest BCUT2D eigenvalue weighted by Crippen LogP contribution is -2.56. The molecule has 32 heavy (non-hydrogen) atoms. The van der Waals surface area contributed by atoms with Gasteiger partial charge in [-0.25, -0.2) is 10.2 Å². The molecule has 182 valence electrons. The summed E-state index contributed by atoms with van der Waals surface area (Å²) in [6.45, 7) is 2.91. The van der Waals surface area contributed by atoms with Crippen molar-refractivity contribution in [3.8, 4) is 0 Å². The standard InChI is InChI=1S/C17H32N8O7/c1-8(2)13(16(31)32)24-15(30)10(6-12(27)28)23-11(26)7-22-25-14(29)9(18)4-3-5-21-17(19)20/h8-10,13,22H,3-7,18H2,1-2H3,(H,23,26)(H,24,30)(H,25,29)(H,27,28)(H,31,32)(H4,19,20,21)/t9-,10+,13-/m0/s1. The lowest BCUT2D eigenvalue weighted by Gasteiger charge is -2.22. The molecule has 0 aromatic carbocycles. The van der Waals surface area contributed by atoms with Crippen molar-refractivity contribution in [3.05, 3.63) is 0 Å². The van der Waals surface area contributed by atoms with Crippen LogP contribution in [-0.2, 0) is 24.0 Å². The van der Waals surface area contributed by atoms with Crippen LogP contribution in [0.2, 0.25) is 0 Å². The largest absolute Gasteiger partial charge is 0.481 e. The monoisotopic (exact) mass is 460 g/mol. The summed E-state index contributed by atoms with van der Waals surface area (Å²) >= 11 is 0. The molecular weight excluding hydrogens is 428 g/mol. The number of aliphatic carboxylic acids is 2. The second-order valence-electron chi connectivity index (χ2n) is 7.18. The van der Waals surface area contributed by atoms with Gasteiger partial charge in [0.25, 0.3) is 5.91 Å². The van der Waals surface area contributed by atoms with Gasteiger partial charge in [0.15, 0.2) is 5.96 Å². The molecule has 0 aliphatic rings. The van der Waals surface area contributed by atoms with Crippen molar-refractivity contribution in [1.82, 2.24) is 21.5 Å². The maximum absolute atomic E-state index is 12.3. The van der Waals surface area contributed by atoms with Crippen molar-refractivity contribution >= 4 is 35.6 Å². The Morgan fingerprint density at radius 2 is 1.62 bits per heavy atom. The summed E-state index contributed by atoms with van der Waals surface area (Å²) in [6, 6.07) is -3.67. The van der Waals surface area contributed by atoms with E-state index in [1.54, 1.807) is 13.8 Å².